The fourth-order valence-electron chi connectivity index (χ4n) is 6.22. The Morgan fingerprint density at radius 1 is 0.564 bits per heavy atom. The van der Waals surface area contributed by atoms with E-state index >= 15 is 0 Å². The highest BCUT2D eigenvalue weighted by Crippen LogP contribution is 2.43. The van der Waals surface area contributed by atoms with Crippen LogP contribution in [0.2, 0.25) is 0 Å². The van der Waals surface area contributed by atoms with Crippen molar-refractivity contribution >= 4 is 13.8 Å². The molecule has 2 atom stereocenters. The van der Waals surface area contributed by atoms with E-state index in [-0.39, 0.29) is 32.3 Å². The molecule has 0 aliphatic carbocycles. The van der Waals surface area contributed by atoms with Crippen LogP contribution in [0.15, 0.2) is 48.6 Å². The fraction of sp³-hybridized carbons (Fsp3) is 0.804. The van der Waals surface area contributed by atoms with Crippen LogP contribution in [0.4, 0.5) is 0 Å². The standard InChI is InChI=1S/C46H86NO7P/c1-3-5-7-9-11-13-15-16-17-18-19-20-21-22-23-24-25-26-27-28-29-31-33-35-37-39-46(48)54-45(44-53-55(49,50)52-42-40-47)43-51-41-38-36-34-32-30-14-12-10-8-6-4-2/h5,7,11,13,16-17,19-20,45H,3-4,6,8-10,12,14-15,18,21-44,47H2,1-2H3,(H,49,50)/b7-5-,13-11-,17-16-,20-19-. The Labute approximate surface area is 339 Å². The van der Waals surface area contributed by atoms with Crippen LogP contribution >= 0.6 is 7.82 Å². The molecule has 0 saturated carbocycles. The predicted molar refractivity (Wildman–Crippen MR) is 233 cm³/mol. The fourth-order valence-corrected chi connectivity index (χ4v) is 6.99. The summed E-state index contributed by atoms with van der Waals surface area (Å²) in [4.78, 5) is 22.5. The molecule has 322 valence electrons. The molecule has 0 aromatic heterocycles. The number of nitrogens with two attached hydrogens (primary N) is 1. The molecule has 3 N–H and O–H groups in total. The van der Waals surface area contributed by atoms with Crippen molar-refractivity contribution in [2.75, 3.05) is 33.0 Å². The topological polar surface area (TPSA) is 117 Å². The van der Waals surface area contributed by atoms with Crippen molar-refractivity contribution in [3.8, 4) is 0 Å². The highest BCUT2D eigenvalue weighted by atomic mass is 31.2. The summed E-state index contributed by atoms with van der Waals surface area (Å²) in [6.07, 6.45) is 51.3. The predicted octanol–water partition coefficient (Wildman–Crippen LogP) is 13.6. The molecular weight excluding hydrogens is 709 g/mol. The Morgan fingerprint density at radius 2 is 1.02 bits per heavy atom. The maximum absolute atomic E-state index is 12.6. The molecule has 2 unspecified atom stereocenters. The van der Waals surface area contributed by atoms with E-state index in [1.165, 1.54) is 122 Å². The summed E-state index contributed by atoms with van der Waals surface area (Å²) < 4.78 is 33.4. The van der Waals surface area contributed by atoms with Crippen LogP contribution < -0.4 is 5.73 Å². The van der Waals surface area contributed by atoms with Gasteiger partial charge >= 0.3 is 13.8 Å². The Bertz CT molecular complexity index is 983. The zero-order valence-electron chi connectivity index (χ0n) is 35.7. The summed E-state index contributed by atoms with van der Waals surface area (Å²) in [5.74, 6) is -0.332. The molecule has 0 bridgehead atoms. The van der Waals surface area contributed by atoms with Crippen molar-refractivity contribution in [2.24, 2.45) is 5.73 Å². The second kappa shape index (κ2) is 43.6. The molecule has 0 rings (SSSR count). The van der Waals surface area contributed by atoms with Crippen LogP contribution in [0, 0.1) is 0 Å². The zero-order valence-corrected chi connectivity index (χ0v) is 36.6. The maximum Gasteiger partial charge on any atom is 0.472 e. The molecule has 55 heavy (non-hydrogen) atoms. The second-order valence-electron chi connectivity index (χ2n) is 14.9. The van der Waals surface area contributed by atoms with E-state index in [9.17, 15) is 14.3 Å². The summed E-state index contributed by atoms with van der Waals surface area (Å²) in [5.41, 5.74) is 5.37. The molecule has 0 heterocycles. The largest absolute Gasteiger partial charge is 0.472 e. The number of allylic oxidation sites excluding steroid dienone is 8. The number of phosphoric ester groups is 1. The number of carbonyl (C=O) groups is 1. The van der Waals surface area contributed by atoms with Gasteiger partial charge in [0.15, 0.2) is 0 Å². The van der Waals surface area contributed by atoms with E-state index < -0.39 is 13.9 Å². The van der Waals surface area contributed by atoms with Gasteiger partial charge in [0, 0.05) is 19.6 Å². The Balaban J connectivity index is 3.92. The minimum Gasteiger partial charge on any atom is -0.457 e. The molecule has 0 aromatic rings. The third kappa shape index (κ3) is 43.4. The minimum atomic E-state index is -4.27. The van der Waals surface area contributed by atoms with Gasteiger partial charge in [0.2, 0.25) is 0 Å². The molecule has 0 aliphatic heterocycles. The van der Waals surface area contributed by atoms with E-state index in [2.05, 4.69) is 62.5 Å². The first-order valence-corrected chi connectivity index (χ1v) is 24.1. The monoisotopic (exact) mass is 796 g/mol. The van der Waals surface area contributed by atoms with E-state index in [1.54, 1.807) is 0 Å². The van der Waals surface area contributed by atoms with Gasteiger partial charge in [-0.15, -0.1) is 0 Å². The summed E-state index contributed by atoms with van der Waals surface area (Å²) in [7, 11) is -4.27. The number of hydrogen-bond donors (Lipinski definition) is 2. The normalized spacial score (nSPS) is 13.9. The number of ether oxygens (including phenoxy) is 2. The molecule has 8 nitrogen and oxygen atoms in total. The van der Waals surface area contributed by atoms with Gasteiger partial charge in [-0.2, -0.15) is 0 Å². The first kappa shape index (κ1) is 53.5. The van der Waals surface area contributed by atoms with Crippen LogP contribution in [0.3, 0.4) is 0 Å². The average molecular weight is 796 g/mol. The van der Waals surface area contributed by atoms with Crippen molar-refractivity contribution in [1.29, 1.82) is 0 Å². The second-order valence-corrected chi connectivity index (χ2v) is 16.3. The lowest BCUT2D eigenvalue weighted by Gasteiger charge is -2.20. The van der Waals surface area contributed by atoms with Gasteiger partial charge in [-0.1, -0.05) is 191 Å². The summed E-state index contributed by atoms with van der Waals surface area (Å²) >= 11 is 0. The smallest absolute Gasteiger partial charge is 0.457 e. The van der Waals surface area contributed by atoms with Crippen LogP contribution in [-0.4, -0.2) is 49.9 Å². The molecule has 0 aliphatic rings. The van der Waals surface area contributed by atoms with Gasteiger partial charge in [-0.3, -0.25) is 13.8 Å². The van der Waals surface area contributed by atoms with Gasteiger partial charge in [-0.05, 0) is 51.4 Å². The number of hydrogen-bond acceptors (Lipinski definition) is 7. The van der Waals surface area contributed by atoms with E-state index in [0.717, 1.165) is 57.8 Å². The Morgan fingerprint density at radius 3 is 1.53 bits per heavy atom. The van der Waals surface area contributed by atoms with E-state index in [0.29, 0.717) is 13.0 Å². The third-order valence-electron chi connectivity index (χ3n) is 9.51. The molecule has 0 fully saturated rings. The van der Waals surface area contributed by atoms with Gasteiger partial charge in [0.05, 0.1) is 19.8 Å². The summed E-state index contributed by atoms with van der Waals surface area (Å²) in [5, 5.41) is 0. The van der Waals surface area contributed by atoms with Crippen LogP contribution in [0.5, 0.6) is 0 Å². The van der Waals surface area contributed by atoms with E-state index in [4.69, 9.17) is 24.3 Å². The van der Waals surface area contributed by atoms with Crippen molar-refractivity contribution in [3.05, 3.63) is 48.6 Å². The lowest BCUT2D eigenvalue weighted by molar-refractivity contribution is -0.154. The van der Waals surface area contributed by atoms with Crippen molar-refractivity contribution in [2.45, 2.75) is 206 Å². The first-order valence-electron chi connectivity index (χ1n) is 22.6. The van der Waals surface area contributed by atoms with E-state index in [1.807, 2.05) is 0 Å². The van der Waals surface area contributed by atoms with Crippen LogP contribution in [-0.2, 0) is 27.9 Å². The molecule has 9 heteroatoms. The quantitative estimate of drug-likeness (QED) is 0.0271. The maximum atomic E-state index is 12.6. The summed E-state index contributed by atoms with van der Waals surface area (Å²) in [6, 6.07) is 0. The van der Waals surface area contributed by atoms with Crippen molar-refractivity contribution in [1.82, 2.24) is 0 Å². The molecule has 0 radical (unpaired) electrons. The molecule has 0 spiro atoms. The number of phosphoric acid groups is 1. The number of rotatable bonds is 43. The van der Waals surface area contributed by atoms with Gasteiger partial charge in [-0.25, -0.2) is 4.57 Å². The Hall–Kier alpha value is -1.54. The SMILES string of the molecule is CC/C=C\C/C=C\C/C=C\C/C=C\CCCCCCCCCCCCCCC(=O)OC(COCCCCCCCCCCCCC)COP(=O)(O)OCCN. The number of carbonyl (C=O) groups excluding carboxylic acids is 1. The lowest BCUT2D eigenvalue weighted by Crippen LogP contribution is -2.28. The van der Waals surface area contributed by atoms with Crippen LogP contribution in [0.25, 0.3) is 0 Å². The van der Waals surface area contributed by atoms with Gasteiger partial charge < -0.3 is 20.1 Å². The molecular formula is C46H86NO7P. The average Bonchev–Trinajstić information content (AvgIpc) is 3.17. The molecule has 0 amide bonds. The first-order chi connectivity index (χ1) is 26.9. The van der Waals surface area contributed by atoms with Gasteiger partial charge in [0.1, 0.15) is 6.10 Å². The highest BCUT2D eigenvalue weighted by molar-refractivity contribution is 7.47. The summed E-state index contributed by atoms with van der Waals surface area (Å²) in [6.45, 7) is 4.82. The highest BCUT2D eigenvalue weighted by Gasteiger charge is 2.25. The third-order valence-corrected chi connectivity index (χ3v) is 10.5. The molecule has 0 aromatic carbocycles. The molecule has 0 saturated heterocycles. The zero-order chi connectivity index (χ0) is 40.2. The van der Waals surface area contributed by atoms with Crippen molar-refractivity contribution < 1.29 is 32.8 Å². The van der Waals surface area contributed by atoms with Crippen molar-refractivity contribution in [3.63, 3.8) is 0 Å². The lowest BCUT2D eigenvalue weighted by atomic mass is 10.0. The number of esters is 1. The van der Waals surface area contributed by atoms with Crippen LogP contribution in [0.1, 0.15) is 200 Å². The number of unbranched alkanes of at least 4 members (excludes halogenated alkanes) is 22. The minimum absolute atomic E-state index is 0.0954. The van der Waals surface area contributed by atoms with Gasteiger partial charge in [0.25, 0.3) is 0 Å². The Kier molecular flexibility index (Phi) is 42.4.